The third-order valence-corrected chi connectivity index (χ3v) is 2.45. The lowest BCUT2D eigenvalue weighted by Crippen LogP contribution is -2.13. The lowest BCUT2D eigenvalue weighted by molar-refractivity contribution is 0.102. The number of carbonyl (C=O) groups excluding carboxylic acids is 1. The summed E-state index contributed by atoms with van der Waals surface area (Å²) >= 11 is 0. The largest absolute Gasteiger partial charge is 0.399 e. The van der Waals surface area contributed by atoms with E-state index in [2.05, 4.69) is 10.3 Å². The number of benzene rings is 1. The first-order chi connectivity index (χ1) is 8.56. The molecule has 0 radical (unpaired) electrons. The number of nitrogens with one attached hydrogen (secondary N) is 1. The van der Waals surface area contributed by atoms with Gasteiger partial charge in [-0.25, -0.2) is 4.39 Å². The van der Waals surface area contributed by atoms with E-state index in [0.29, 0.717) is 5.69 Å². The van der Waals surface area contributed by atoms with Crippen LogP contribution in [0.15, 0.2) is 36.7 Å². The number of nitrogens with zero attached hydrogens (tertiary/aromatic N) is 1. The highest BCUT2D eigenvalue weighted by molar-refractivity contribution is 6.05. The second-order valence-electron chi connectivity index (χ2n) is 3.92. The van der Waals surface area contributed by atoms with Crippen LogP contribution < -0.4 is 11.1 Å². The summed E-state index contributed by atoms with van der Waals surface area (Å²) in [5, 5.41) is 2.68. The molecule has 18 heavy (non-hydrogen) atoms. The zero-order valence-electron chi connectivity index (χ0n) is 9.77. The Hall–Kier alpha value is -2.43. The van der Waals surface area contributed by atoms with Gasteiger partial charge in [0.25, 0.3) is 5.91 Å². The maximum absolute atomic E-state index is 13.1. The van der Waals surface area contributed by atoms with Crippen molar-refractivity contribution in [3.8, 4) is 0 Å². The van der Waals surface area contributed by atoms with Crippen LogP contribution in [0.4, 0.5) is 15.8 Å². The molecule has 0 spiro atoms. The quantitative estimate of drug-likeness (QED) is 0.798. The Balaban J connectivity index is 2.25. The van der Waals surface area contributed by atoms with Crippen molar-refractivity contribution in [1.82, 2.24) is 4.98 Å². The number of nitrogens with two attached hydrogens (primary N) is 1. The van der Waals surface area contributed by atoms with E-state index >= 15 is 0 Å². The highest BCUT2D eigenvalue weighted by Crippen LogP contribution is 2.15. The van der Waals surface area contributed by atoms with Crippen molar-refractivity contribution < 1.29 is 9.18 Å². The number of aromatic nitrogens is 1. The van der Waals surface area contributed by atoms with E-state index in [0.717, 1.165) is 17.7 Å². The van der Waals surface area contributed by atoms with E-state index in [1.165, 1.54) is 6.07 Å². The standard InChI is InChI=1S/C13H12FN3O/c1-8-7-16-3-2-12(8)17-13(18)9-4-10(14)6-11(15)5-9/h2-7H,15H2,1H3,(H,16,17,18). The van der Waals surface area contributed by atoms with Crippen LogP contribution in [0.3, 0.4) is 0 Å². The van der Waals surface area contributed by atoms with E-state index in [1.54, 1.807) is 18.5 Å². The molecule has 5 heteroatoms. The molecular formula is C13H12FN3O. The Kier molecular flexibility index (Phi) is 3.23. The number of anilines is 2. The van der Waals surface area contributed by atoms with Crippen LogP contribution in [-0.2, 0) is 0 Å². The maximum atomic E-state index is 13.1. The normalized spacial score (nSPS) is 10.1. The Morgan fingerprint density at radius 1 is 1.39 bits per heavy atom. The summed E-state index contributed by atoms with van der Waals surface area (Å²) < 4.78 is 13.1. The fraction of sp³-hybridized carbons (Fsp3) is 0.0769. The molecule has 1 aromatic heterocycles. The summed E-state index contributed by atoms with van der Waals surface area (Å²) in [7, 11) is 0. The molecule has 0 fully saturated rings. The Bertz CT molecular complexity index is 578. The van der Waals surface area contributed by atoms with Gasteiger partial charge in [-0.05, 0) is 36.8 Å². The zero-order chi connectivity index (χ0) is 13.1. The van der Waals surface area contributed by atoms with Gasteiger partial charge in [0.1, 0.15) is 5.82 Å². The molecule has 3 N–H and O–H groups in total. The molecule has 0 bridgehead atoms. The number of pyridine rings is 1. The Morgan fingerprint density at radius 3 is 2.83 bits per heavy atom. The third-order valence-electron chi connectivity index (χ3n) is 2.45. The summed E-state index contributed by atoms with van der Waals surface area (Å²) in [6.07, 6.45) is 3.21. The minimum absolute atomic E-state index is 0.184. The van der Waals surface area contributed by atoms with Gasteiger partial charge in [-0.3, -0.25) is 9.78 Å². The number of hydrogen-bond donors (Lipinski definition) is 2. The van der Waals surface area contributed by atoms with Crippen LogP contribution in [0.1, 0.15) is 15.9 Å². The average molecular weight is 245 g/mol. The van der Waals surface area contributed by atoms with Gasteiger partial charge in [0.05, 0.1) is 0 Å². The summed E-state index contributed by atoms with van der Waals surface area (Å²) in [5.74, 6) is -0.942. The van der Waals surface area contributed by atoms with Crippen LogP contribution in [0.25, 0.3) is 0 Å². The number of halogens is 1. The summed E-state index contributed by atoms with van der Waals surface area (Å²) in [5.41, 5.74) is 7.35. The van der Waals surface area contributed by atoms with Crippen LogP contribution >= 0.6 is 0 Å². The van der Waals surface area contributed by atoms with Crippen molar-refractivity contribution in [1.29, 1.82) is 0 Å². The second-order valence-corrected chi connectivity index (χ2v) is 3.92. The average Bonchev–Trinajstić information content (AvgIpc) is 2.31. The topological polar surface area (TPSA) is 68.0 Å². The molecule has 0 unspecified atom stereocenters. The van der Waals surface area contributed by atoms with Gasteiger partial charge in [-0.1, -0.05) is 0 Å². The molecule has 0 aliphatic heterocycles. The fourth-order valence-corrected chi connectivity index (χ4v) is 1.55. The van der Waals surface area contributed by atoms with E-state index in [1.807, 2.05) is 6.92 Å². The molecule has 0 saturated heterocycles. The Morgan fingerprint density at radius 2 is 2.17 bits per heavy atom. The lowest BCUT2D eigenvalue weighted by atomic mass is 10.1. The number of hydrogen-bond acceptors (Lipinski definition) is 3. The van der Waals surface area contributed by atoms with Gasteiger partial charge in [-0.2, -0.15) is 0 Å². The molecule has 0 atom stereocenters. The number of aryl methyl sites for hydroxylation is 1. The predicted octanol–water partition coefficient (Wildman–Crippen LogP) is 2.36. The minimum Gasteiger partial charge on any atom is -0.399 e. The minimum atomic E-state index is -0.536. The lowest BCUT2D eigenvalue weighted by Gasteiger charge is -2.08. The van der Waals surface area contributed by atoms with E-state index in [-0.39, 0.29) is 11.3 Å². The molecule has 0 aliphatic carbocycles. The summed E-state index contributed by atoms with van der Waals surface area (Å²) in [6, 6.07) is 5.40. The first kappa shape index (κ1) is 12.0. The molecule has 1 aromatic carbocycles. The van der Waals surface area contributed by atoms with E-state index < -0.39 is 11.7 Å². The number of rotatable bonds is 2. The van der Waals surface area contributed by atoms with Crippen LogP contribution in [-0.4, -0.2) is 10.9 Å². The first-order valence-electron chi connectivity index (χ1n) is 5.34. The number of amides is 1. The van der Waals surface area contributed by atoms with Gasteiger partial charge >= 0.3 is 0 Å². The number of carbonyl (C=O) groups is 1. The third kappa shape index (κ3) is 2.63. The Labute approximate surface area is 104 Å². The molecule has 92 valence electrons. The first-order valence-corrected chi connectivity index (χ1v) is 5.34. The van der Waals surface area contributed by atoms with Gasteiger partial charge in [0, 0.05) is 29.3 Å². The smallest absolute Gasteiger partial charge is 0.255 e. The zero-order valence-corrected chi connectivity index (χ0v) is 9.77. The molecule has 0 saturated carbocycles. The van der Waals surface area contributed by atoms with Crippen molar-refractivity contribution in [3.63, 3.8) is 0 Å². The van der Waals surface area contributed by atoms with Crippen LogP contribution in [0, 0.1) is 12.7 Å². The molecule has 2 aromatic rings. The molecule has 4 nitrogen and oxygen atoms in total. The number of nitrogen functional groups attached to an aromatic ring is 1. The van der Waals surface area contributed by atoms with E-state index in [4.69, 9.17) is 5.73 Å². The maximum Gasteiger partial charge on any atom is 0.255 e. The van der Waals surface area contributed by atoms with Crippen molar-refractivity contribution in [2.45, 2.75) is 6.92 Å². The van der Waals surface area contributed by atoms with Gasteiger partial charge in [0.15, 0.2) is 0 Å². The predicted molar refractivity (Wildman–Crippen MR) is 67.7 cm³/mol. The molecule has 1 amide bonds. The van der Waals surface area contributed by atoms with Gasteiger partial charge in [-0.15, -0.1) is 0 Å². The highest BCUT2D eigenvalue weighted by Gasteiger charge is 2.09. The van der Waals surface area contributed by atoms with Crippen molar-refractivity contribution in [2.75, 3.05) is 11.1 Å². The van der Waals surface area contributed by atoms with Crippen molar-refractivity contribution >= 4 is 17.3 Å². The summed E-state index contributed by atoms with van der Waals surface area (Å²) in [4.78, 5) is 15.8. The monoisotopic (exact) mass is 245 g/mol. The SMILES string of the molecule is Cc1cnccc1NC(=O)c1cc(N)cc(F)c1. The summed E-state index contributed by atoms with van der Waals surface area (Å²) in [6.45, 7) is 1.82. The molecule has 1 heterocycles. The molecular weight excluding hydrogens is 233 g/mol. The molecule has 0 aliphatic rings. The van der Waals surface area contributed by atoms with E-state index in [9.17, 15) is 9.18 Å². The van der Waals surface area contributed by atoms with Gasteiger partial charge in [0.2, 0.25) is 0 Å². The van der Waals surface area contributed by atoms with Gasteiger partial charge < -0.3 is 11.1 Å². The van der Waals surface area contributed by atoms with Crippen molar-refractivity contribution in [2.24, 2.45) is 0 Å². The highest BCUT2D eigenvalue weighted by atomic mass is 19.1. The molecule has 2 rings (SSSR count). The fourth-order valence-electron chi connectivity index (χ4n) is 1.55. The van der Waals surface area contributed by atoms with Crippen molar-refractivity contribution in [3.05, 3.63) is 53.6 Å². The van der Waals surface area contributed by atoms with Crippen LogP contribution in [0.5, 0.6) is 0 Å². The van der Waals surface area contributed by atoms with Crippen LogP contribution in [0.2, 0.25) is 0 Å². The second kappa shape index (κ2) is 4.83.